The Kier molecular flexibility index (Phi) is 5.29. The number of benzene rings is 1. The zero-order chi connectivity index (χ0) is 12.8. The molecule has 0 saturated heterocycles. The number of halogens is 4. The van der Waals surface area contributed by atoms with Crippen molar-refractivity contribution >= 4 is 12.9 Å². The Balaban J connectivity index is 0.000000385. The van der Waals surface area contributed by atoms with Crippen LogP contribution in [-0.4, -0.2) is 14.4 Å². The molecule has 0 aliphatic rings. The van der Waals surface area contributed by atoms with E-state index in [9.17, 15) is 17.3 Å². The van der Waals surface area contributed by atoms with E-state index in [4.69, 9.17) is 10.1 Å². The molecular formula is C8H9BF4N2O. The number of hydrogen-bond acceptors (Lipinski definition) is 2. The van der Waals surface area contributed by atoms with Crippen LogP contribution in [0.3, 0.4) is 0 Å². The molecule has 3 nitrogen and oxygen atoms in total. The maximum absolute atomic E-state index is 9.75. The van der Waals surface area contributed by atoms with Gasteiger partial charge in [0.1, 0.15) is 0 Å². The van der Waals surface area contributed by atoms with Gasteiger partial charge in [-0.3, -0.25) is 0 Å². The molecule has 0 aliphatic heterocycles. The lowest BCUT2D eigenvalue weighted by Gasteiger charge is -1.94. The van der Waals surface area contributed by atoms with Gasteiger partial charge in [0.25, 0.3) is 0 Å². The van der Waals surface area contributed by atoms with Crippen molar-refractivity contribution in [3.05, 3.63) is 28.7 Å². The monoisotopic (exact) mass is 236 g/mol. The molecular weight excluding hydrogens is 227 g/mol. The molecule has 16 heavy (non-hydrogen) atoms. The number of hydrogen-bond donors (Lipinski definition) is 0. The van der Waals surface area contributed by atoms with Gasteiger partial charge in [-0.25, -0.2) is 0 Å². The Morgan fingerprint density at radius 1 is 1.25 bits per heavy atom. The van der Waals surface area contributed by atoms with E-state index in [1.165, 1.54) is 0 Å². The maximum Gasteiger partial charge on any atom is 0.673 e. The number of methoxy groups -OCH3 is 1. The minimum atomic E-state index is -6.00. The molecule has 88 valence electrons. The summed E-state index contributed by atoms with van der Waals surface area (Å²) < 4.78 is 44.0. The molecule has 0 fully saturated rings. The van der Waals surface area contributed by atoms with Crippen LogP contribution in [0.15, 0.2) is 18.2 Å². The Hall–Kier alpha value is -1.78. The van der Waals surface area contributed by atoms with E-state index >= 15 is 0 Å². The fourth-order valence-corrected chi connectivity index (χ4v) is 0.925. The van der Waals surface area contributed by atoms with Crippen molar-refractivity contribution in [2.75, 3.05) is 7.11 Å². The van der Waals surface area contributed by atoms with Crippen LogP contribution in [0.1, 0.15) is 5.56 Å². The first-order chi connectivity index (χ1) is 7.29. The van der Waals surface area contributed by atoms with E-state index < -0.39 is 7.25 Å². The van der Waals surface area contributed by atoms with Gasteiger partial charge >= 0.3 is 12.9 Å². The van der Waals surface area contributed by atoms with Crippen molar-refractivity contribution in [1.82, 2.24) is 0 Å². The fraction of sp³-hybridized carbons (Fsp3) is 0.250. The number of aryl methyl sites for hydroxylation is 1. The summed E-state index contributed by atoms with van der Waals surface area (Å²) in [5.41, 5.74) is 1.39. The second kappa shape index (κ2) is 5.95. The molecule has 0 spiro atoms. The highest BCUT2D eigenvalue weighted by atomic mass is 19.5. The smallest absolute Gasteiger partial charge is 0.489 e. The highest BCUT2D eigenvalue weighted by Crippen LogP contribution is 2.30. The van der Waals surface area contributed by atoms with Gasteiger partial charge in [-0.05, 0) is 13.0 Å². The van der Waals surface area contributed by atoms with Crippen LogP contribution in [0.5, 0.6) is 5.75 Å². The van der Waals surface area contributed by atoms with Gasteiger partial charge in [-0.15, -0.1) is 0 Å². The fourth-order valence-electron chi connectivity index (χ4n) is 0.925. The molecule has 0 atom stereocenters. The summed E-state index contributed by atoms with van der Waals surface area (Å²) in [5, 5.41) is 8.58. The molecule has 0 saturated carbocycles. The van der Waals surface area contributed by atoms with E-state index in [1.807, 2.05) is 19.1 Å². The summed E-state index contributed by atoms with van der Waals surface area (Å²) in [6, 6.07) is 5.46. The zero-order valence-electron chi connectivity index (χ0n) is 8.62. The quantitative estimate of drug-likeness (QED) is 0.422. The van der Waals surface area contributed by atoms with Crippen LogP contribution < -0.4 is 4.74 Å². The van der Waals surface area contributed by atoms with Crippen LogP contribution >= 0.6 is 0 Å². The van der Waals surface area contributed by atoms with Gasteiger partial charge in [0, 0.05) is 5.56 Å². The van der Waals surface area contributed by atoms with Gasteiger partial charge in [0.05, 0.1) is 7.11 Å². The maximum atomic E-state index is 9.75. The van der Waals surface area contributed by atoms with Crippen molar-refractivity contribution in [2.45, 2.75) is 6.92 Å². The van der Waals surface area contributed by atoms with Gasteiger partial charge in [-0.1, -0.05) is 12.1 Å². The first kappa shape index (κ1) is 14.2. The molecule has 0 bridgehead atoms. The minimum absolute atomic E-state index is 0.495. The lowest BCUT2D eigenvalue weighted by Crippen LogP contribution is -2.02. The van der Waals surface area contributed by atoms with Crippen LogP contribution in [-0.2, 0) is 0 Å². The number of rotatable bonds is 1. The molecule has 0 N–H and O–H groups in total. The zero-order valence-corrected chi connectivity index (χ0v) is 8.62. The molecule has 0 radical (unpaired) electrons. The van der Waals surface area contributed by atoms with Gasteiger partial charge in [0.2, 0.25) is 11.1 Å². The largest absolute Gasteiger partial charge is 0.673 e. The second-order valence-corrected chi connectivity index (χ2v) is 2.72. The number of ether oxygens (including phenoxy) is 1. The lowest BCUT2D eigenvalue weighted by atomic mass is 10.2. The van der Waals surface area contributed by atoms with Crippen molar-refractivity contribution < 1.29 is 22.0 Å². The molecule has 0 amide bonds. The topological polar surface area (TPSA) is 37.4 Å². The summed E-state index contributed by atoms with van der Waals surface area (Å²) in [5.74, 6) is 0.590. The summed E-state index contributed by atoms with van der Waals surface area (Å²) in [4.78, 5) is 3.12. The predicted molar refractivity (Wildman–Crippen MR) is 52.7 cm³/mol. The lowest BCUT2D eigenvalue weighted by molar-refractivity contribution is 0.368. The average Bonchev–Trinajstić information content (AvgIpc) is 2.14. The van der Waals surface area contributed by atoms with Crippen LogP contribution in [0.4, 0.5) is 23.0 Å². The molecule has 1 rings (SSSR count). The summed E-state index contributed by atoms with van der Waals surface area (Å²) in [6.45, 7) is 1.86. The highest BCUT2D eigenvalue weighted by Gasteiger charge is 2.20. The van der Waals surface area contributed by atoms with Crippen LogP contribution in [0.25, 0.3) is 4.98 Å². The Morgan fingerprint density at radius 3 is 2.06 bits per heavy atom. The predicted octanol–water partition coefficient (Wildman–Crippen LogP) is 3.79. The van der Waals surface area contributed by atoms with Crippen molar-refractivity contribution in [3.8, 4) is 5.75 Å². The van der Waals surface area contributed by atoms with Crippen LogP contribution in [0.2, 0.25) is 0 Å². The number of nitrogens with zero attached hydrogens (tertiary/aromatic N) is 2. The molecule has 0 heterocycles. The molecule has 8 heteroatoms. The Labute approximate surface area is 89.8 Å². The molecule has 1 aromatic rings. The van der Waals surface area contributed by atoms with E-state index in [-0.39, 0.29) is 0 Å². The molecule has 0 aromatic heterocycles. The summed E-state index contributed by atoms with van der Waals surface area (Å²) >= 11 is 0. The highest BCUT2D eigenvalue weighted by molar-refractivity contribution is 6.50. The normalized spacial score (nSPS) is 9.81. The molecule has 1 aromatic carbocycles. The Morgan fingerprint density at radius 2 is 1.75 bits per heavy atom. The summed E-state index contributed by atoms with van der Waals surface area (Å²) in [7, 11) is -4.45. The SMILES string of the molecule is COc1cccc(C)c1[N+]#N.F[B-](F)(F)F. The number of diazo groups is 1. The van der Waals surface area contributed by atoms with E-state index in [2.05, 4.69) is 4.98 Å². The minimum Gasteiger partial charge on any atom is -0.489 e. The standard InChI is InChI=1S/C8H9N2O.BF4/c1-6-4-3-5-7(11-2)8(6)10-9;2-1(3,4)5/h3-5H,1-2H3;/q+1;-1. The first-order valence-corrected chi connectivity index (χ1v) is 4.15. The van der Waals surface area contributed by atoms with Crippen molar-refractivity contribution in [2.24, 2.45) is 0 Å². The van der Waals surface area contributed by atoms with E-state index in [1.54, 1.807) is 13.2 Å². The van der Waals surface area contributed by atoms with Gasteiger partial charge in [0.15, 0.2) is 4.98 Å². The third-order valence-electron chi connectivity index (χ3n) is 1.52. The van der Waals surface area contributed by atoms with Crippen molar-refractivity contribution in [1.29, 1.82) is 5.39 Å². The summed E-state index contributed by atoms with van der Waals surface area (Å²) in [6.07, 6.45) is 0. The average molecular weight is 236 g/mol. The Bertz CT molecular complexity index is 383. The third kappa shape index (κ3) is 5.85. The molecule has 0 aliphatic carbocycles. The third-order valence-corrected chi connectivity index (χ3v) is 1.52. The van der Waals surface area contributed by atoms with E-state index in [0.717, 1.165) is 5.56 Å². The van der Waals surface area contributed by atoms with Gasteiger partial charge in [-0.2, -0.15) is 0 Å². The first-order valence-electron chi connectivity index (χ1n) is 4.15. The van der Waals surface area contributed by atoms with E-state index in [0.29, 0.717) is 11.4 Å². The van der Waals surface area contributed by atoms with Crippen LogP contribution in [0, 0.1) is 12.3 Å². The van der Waals surface area contributed by atoms with Gasteiger partial charge < -0.3 is 22.0 Å². The van der Waals surface area contributed by atoms with Crippen molar-refractivity contribution in [3.63, 3.8) is 0 Å². The second-order valence-electron chi connectivity index (χ2n) is 2.72. The molecule has 0 unspecified atom stereocenters.